The lowest BCUT2D eigenvalue weighted by Gasteiger charge is -2.08. The maximum Gasteiger partial charge on any atom is 0.159 e. The molecule has 35 heavy (non-hydrogen) atoms. The molecule has 0 aliphatic heterocycles. The summed E-state index contributed by atoms with van der Waals surface area (Å²) in [6.45, 7) is 5.32. The standard InChI is InChI=1S/C32H44N2O/c1-3-5-7-9-11-13-15-27-25-33-32(34-26-27)30-18-16-28(17-19-30)29-20-22-31(23-21-29)35-24-14-12-10-8-6-4-2/h16-23,25-26H,3-15,24H2,1-2H3. The summed E-state index contributed by atoms with van der Waals surface area (Å²) in [6.07, 6.45) is 20.7. The first-order valence-electron chi connectivity index (χ1n) is 13.9. The molecule has 0 saturated carbocycles. The van der Waals surface area contributed by atoms with Gasteiger partial charge in [0.25, 0.3) is 0 Å². The molecular formula is C32H44N2O. The lowest BCUT2D eigenvalue weighted by Crippen LogP contribution is -1.97. The summed E-state index contributed by atoms with van der Waals surface area (Å²) in [5, 5.41) is 0. The van der Waals surface area contributed by atoms with E-state index < -0.39 is 0 Å². The first-order valence-corrected chi connectivity index (χ1v) is 13.9. The minimum atomic E-state index is 0.793. The molecule has 0 amide bonds. The molecule has 0 unspecified atom stereocenters. The average Bonchev–Trinajstić information content (AvgIpc) is 2.91. The lowest BCUT2D eigenvalue weighted by atomic mass is 10.0. The van der Waals surface area contributed by atoms with Crippen molar-refractivity contribution in [2.45, 2.75) is 97.3 Å². The van der Waals surface area contributed by atoms with Crippen LogP contribution in [0.1, 0.15) is 96.5 Å². The number of aromatic nitrogens is 2. The molecule has 0 aliphatic rings. The molecule has 3 heteroatoms. The number of unbranched alkanes of at least 4 members (excludes halogenated alkanes) is 10. The van der Waals surface area contributed by atoms with E-state index in [0.717, 1.165) is 36.6 Å². The quantitative estimate of drug-likeness (QED) is 0.183. The Kier molecular flexibility index (Phi) is 12.4. The molecule has 0 N–H and O–H groups in total. The number of nitrogens with zero attached hydrogens (tertiary/aromatic N) is 2. The molecule has 3 nitrogen and oxygen atoms in total. The van der Waals surface area contributed by atoms with E-state index in [1.165, 1.54) is 87.3 Å². The largest absolute Gasteiger partial charge is 0.494 e. The highest BCUT2D eigenvalue weighted by atomic mass is 16.5. The minimum Gasteiger partial charge on any atom is -0.494 e. The second-order valence-corrected chi connectivity index (χ2v) is 9.65. The minimum absolute atomic E-state index is 0.793. The molecule has 2 aromatic carbocycles. The molecule has 3 rings (SSSR count). The number of hydrogen-bond donors (Lipinski definition) is 0. The highest BCUT2D eigenvalue weighted by molar-refractivity contribution is 5.68. The van der Waals surface area contributed by atoms with Gasteiger partial charge in [0.2, 0.25) is 0 Å². The predicted octanol–water partition coefficient (Wildman–Crippen LogP) is 9.45. The third-order valence-corrected chi connectivity index (χ3v) is 6.62. The summed E-state index contributed by atoms with van der Waals surface area (Å²) >= 11 is 0. The summed E-state index contributed by atoms with van der Waals surface area (Å²) in [5.74, 6) is 1.75. The molecule has 188 valence electrons. The van der Waals surface area contributed by atoms with Gasteiger partial charge in [-0.2, -0.15) is 0 Å². The van der Waals surface area contributed by atoms with Crippen molar-refractivity contribution in [1.29, 1.82) is 0 Å². The Morgan fingerprint density at radius 3 is 1.63 bits per heavy atom. The highest BCUT2D eigenvalue weighted by Gasteiger charge is 2.04. The van der Waals surface area contributed by atoms with E-state index in [0.29, 0.717) is 0 Å². The van der Waals surface area contributed by atoms with Crippen LogP contribution >= 0.6 is 0 Å². The molecule has 0 radical (unpaired) electrons. The van der Waals surface area contributed by atoms with Crippen LogP contribution in [0.15, 0.2) is 60.9 Å². The van der Waals surface area contributed by atoms with E-state index in [-0.39, 0.29) is 0 Å². The lowest BCUT2D eigenvalue weighted by molar-refractivity contribution is 0.304. The van der Waals surface area contributed by atoms with Crippen LogP contribution in [0.4, 0.5) is 0 Å². The Labute approximate surface area is 213 Å². The topological polar surface area (TPSA) is 35.0 Å². The Bertz CT molecular complexity index is 933. The highest BCUT2D eigenvalue weighted by Crippen LogP contribution is 2.25. The first kappa shape index (κ1) is 26.9. The van der Waals surface area contributed by atoms with E-state index >= 15 is 0 Å². The van der Waals surface area contributed by atoms with Crippen molar-refractivity contribution in [2.75, 3.05) is 6.61 Å². The third kappa shape index (κ3) is 9.84. The Balaban J connectivity index is 1.43. The normalized spacial score (nSPS) is 11.0. The molecule has 0 fully saturated rings. The SMILES string of the molecule is CCCCCCCCOc1ccc(-c2ccc(-c3ncc(CCCCCCCC)cn3)cc2)cc1. The van der Waals surface area contributed by atoms with E-state index in [1.54, 1.807) is 0 Å². The van der Waals surface area contributed by atoms with Crippen LogP contribution < -0.4 is 4.74 Å². The van der Waals surface area contributed by atoms with Crippen LogP contribution in [-0.4, -0.2) is 16.6 Å². The van der Waals surface area contributed by atoms with Gasteiger partial charge in [-0.3, -0.25) is 0 Å². The summed E-state index contributed by atoms with van der Waals surface area (Å²) in [4.78, 5) is 9.24. The number of benzene rings is 2. The van der Waals surface area contributed by atoms with Gasteiger partial charge in [0, 0.05) is 18.0 Å². The summed E-state index contributed by atoms with van der Waals surface area (Å²) in [7, 11) is 0. The first-order chi connectivity index (χ1) is 17.3. The fourth-order valence-electron chi connectivity index (χ4n) is 4.37. The monoisotopic (exact) mass is 472 g/mol. The second kappa shape index (κ2) is 16.1. The van der Waals surface area contributed by atoms with Crippen LogP contribution in [-0.2, 0) is 6.42 Å². The van der Waals surface area contributed by atoms with E-state index in [2.05, 4.69) is 72.3 Å². The summed E-state index contributed by atoms with van der Waals surface area (Å²) in [6, 6.07) is 16.9. The van der Waals surface area contributed by atoms with E-state index in [4.69, 9.17) is 4.74 Å². The predicted molar refractivity (Wildman–Crippen MR) is 149 cm³/mol. The van der Waals surface area contributed by atoms with Crippen molar-refractivity contribution in [3.8, 4) is 28.3 Å². The van der Waals surface area contributed by atoms with Crippen LogP contribution in [0, 0.1) is 0 Å². The molecule has 0 atom stereocenters. The number of ether oxygens (including phenoxy) is 1. The van der Waals surface area contributed by atoms with Gasteiger partial charge in [0.15, 0.2) is 5.82 Å². The smallest absolute Gasteiger partial charge is 0.159 e. The van der Waals surface area contributed by atoms with Crippen LogP contribution in [0.2, 0.25) is 0 Å². The zero-order chi connectivity index (χ0) is 24.6. The molecule has 0 spiro atoms. The van der Waals surface area contributed by atoms with Gasteiger partial charge < -0.3 is 4.74 Å². The number of hydrogen-bond acceptors (Lipinski definition) is 3. The van der Waals surface area contributed by atoms with Gasteiger partial charge in [0.1, 0.15) is 5.75 Å². The fraction of sp³-hybridized carbons (Fsp3) is 0.500. The second-order valence-electron chi connectivity index (χ2n) is 9.65. The maximum atomic E-state index is 5.92. The van der Waals surface area contributed by atoms with Crippen molar-refractivity contribution in [2.24, 2.45) is 0 Å². The van der Waals surface area contributed by atoms with Crippen molar-refractivity contribution in [3.05, 3.63) is 66.5 Å². The fourth-order valence-corrected chi connectivity index (χ4v) is 4.37. The van der Waals surface area contributed by atoms with Crippen molar-refractivity contribution in [1.82, 2.24) is 9.97 Å². The molecule has 1 heterocycles. The van der Waals surface area contributed by atoms with Crippen LogP contribution in [0.25, 0.3) is 22.5 Å². The average molecular weight is 473 g/mol. The summed E-state index contributed by atoms with van der Waals surface area (Å²) < 4.78 is 5.92. The molecule has 1 aromatic heterocycles. The van der Waals surface area contributed by atoms with Gasteiger partial charge in [-0.25, -0.2) is 9.97 Å². The van der Waals surface area contributed by atoms with E-state index in [9.17, 15) is 0 Å². The number of rotatable bonds is 17. The Morgan fingerprint density at radius 2 is 1.03 bits per heavy atom. The molecule has 0 bridgehead atoms. The molecule has 0 saturated heterocycles. The van der Waals surface area contributed by atoms with Crippen molar-refractivity contribution >= 4 is 0 Å². The maximum absolute atomic E-state index is 5.92. The third-order valence-electron chi connectivity index (χ3n) is 6.62. The Morgan fingerprint density at radius 1 is 0.543 bits per heavy atom. The van der Waals surface area contributed by atoms with Crippen molar-refractivity contribution < 1.29 is 4.74 Å². The molecular weight excluding hydrogens is 428 g/mol. The van der Waals surface area contributed by atoms with Gasteiger partial charge in [-0.05, 0) is 48.1 Å². The van der Waals surface area contributed by atoms with Crippen molar-refractivity contribution in [3.63, 3.8) is 0 Å². The Hall–Kier alpha value is -2.68. The van der Waals surface area contributed by atoms with Gasteiger partial charge in [0.05, 0.1) is 6.61 Å². The zero-order valence-electron chi connectivity index (χ0n) is 22.0. The van der Waals surface area contributed by atoms with Gasteiger partial charge >= 0.3 is 0 Å². The molecule has 3 aromatic rings. The number of aryl methyl sites for hydroxylation is 1. The van der Waals surface area contributed by atoms with Crippen LogP contribution in [0.5, 0.6) is 5.75 Å². The van der Waals surface area contributed by atoms with Gasteiger partial charge in [-0.15, -0.1) is 0 Å². The zero-order valence-corrected chi connectivity index (χ0v) is 22.0. The summed E-state index contributed by atoms with van der Waals surface area (Å²) in [5.41, 5.74) is 4.67. The molecule has 0 aliphatic carbocycles. The van der Waals surface area contributed by atoms with E-state index in [1.807, 2.05) is 12.4 Å². The van der Waals surface area contributed by atoms with Crippen LogP contribution in [0.3, 0.4) is 0 Å². The van der Waals surface area contributed by atoms with Gasteiger partial charge in [-0.1, -0.05) is 114 Å².